The number of aromatic amines is 1. The summed E-state index contributed by atoms with van der Waals surface area (Å²) < 4.78 is 5.87. The Balaban J connectivity index is 2.84. The highest BCUT2D eigenvalue weighted by Crippen LogP contribution is 2.28. The molecule has 0 fully saturated rings. The Morgan fingerprint density at radius 1 is 1.54 bits per heavy atom. The molecule has 2 aromatic rings. The first-order valence-electron chi connectivity index (χ1n) is 3.46. The van der Waals surface area contributed by atoms with E-state index in [2.05, 4.69) is 30.9 Å². The molecule has 0 spiro atoms. The monoisotopic (exact) mass is 261 g/mol. The fourth-order valence-corrected chi connectivity index (χ4v) is 1.63. The first-order valence-corrected chi connectivity index (χ1v) is 4.63. The molecule has 0 saturated heterocycles. The lowest BCUT2D eigenvalue weighted by Gasteiger charge is -1.99. The Kier molecular flexibility index (Phi) is 2.13. The molecule has 0 aliphatic rings. The van der Waals surface area contributed by atoms with Gasteiger partial charge in [-0.1, -0.05) is 0 Å². The van der Waals surface area contributed by atoms with Crippen molar-refractivity contribution in [2.45, 2.75) is 0 Å². The van der Waals surface area contributed by atoms with Gasteiger partial charge in [0, 0.05) is 6.20 Å². The summed E-state index contributed by atoms with van der Waals surface area (Å²) in [6.45, 7) is 0. The molecule has 2 heterocycles. The Hall–Kier alpha value is -0.810. The van der Waals surface area contributed by atoms with Crippen LogP contribution in [0.1, 0.15) is 0 Å². The predicted octanol–water partition coefficient (Wildman–Crippen LogP) is 2.38. The van der Waals surface area contributed by atoms with Crippen LogP contribution in [0.3, 0.4) is 0 Å². The minimum Gasteiger partial charge on any atom is -0.479 e. The lowest BCUT2D eigenvalue weighted by molar-refractivity contribution is 0.402. The third kappa shape index (κ3) is 1.38. The number of fused-ring (bicyclic) bond motifs is 1. The van der Waals surface area contributed by atoms with Gasteiger partial charge < -0.3 is 9.72 Å². The van der Waals surface area contributed by atoms with E-state index in [-0.39, 0.29) is 5.28 Å². The minimum absolute atomic E-state index is 0.171. The SMILES string of the molecule is COc1nc(Cl)nc2c(Br)c[nH]c12. The third-order valence-electron chi connectivity index (χ3n) is 1.61. The molecule has 0 bridgehead atoms. The van der Waals surface area contributed by atoms with E-state index in [0.29, 0.717) is 5.88 Å². The average Bonchev–Trinajstić information content (AvgIpc) is 2.47. The fourth-order valence-electron chi connectivity index (χ4n) is 1.07. The van der Waals surface area contributed by atoms with E-state index >= 15 is 0 Å². The Morgan fingerprint density at radius 2 is 2.31 bits per heavy atom. The second-order valence-corrected chi connectivity index (χ2v) is 3.55. The van der Waals surface area contributed by atoms with Gasteiger partial charge in [0.2, 0.25) is 11.2 Å². The average molecular weight is 262 g/mol. The van der Waals surface area contributed by atoms with Gasteiger partial charge in [0.25, 0.3) is 0 Å². The Labute approximate surface area is 87.4 Å². The number of aromatic nitrogens is 3. The van der Waals surface area contributed by atoms with Gasteiger partial charge in [-0.2, -0.15) is 4.98 Å². The van der Waals surface area contributed by atoms with Crippen molar-refractivity contribution < 1.29 is 4.74 Å². The maximum absolute atomic E-state index is 5.69. The highest BCUT2D eigenvalue weighted by molar-refractivity contribution is 9.10. The summed E-state index contributed by atoms with van der Waals surface area (Å²) in [7, 11) is 1.53. The Bertz CT molecular complexity index is 456. The highest BCUT2D eigenvalue weighted by atomic mass is 79.9. The van der Waals surface area contributed by atoms with Gasteiger partial charge >= 0.3 is 0 Å². The molecule has 0 amide bonds. The molecule has 0 saturated carbocycles. The standard InChI is InChI=1S/C7H5BrClN3O/c1-13-6-5-4(3(8)2-10-5)11-7(9)12-6/h2,10H,1H3. The van der Waals surface area contributed by atoms with Gasteiger partial charge in [-0.25, -0.2) is 4.98 Å². The van der Waals surface area contributed by atoms with Crippen LogP contribution in [0, 0.1) is 0 Å². The number of methoxy groups -OCH3 is 1. The molecule has 68 valence electrons. The van der Waals surface area contributed by atoms with Crippen LogP contribution in [0.25, 0.3) is 11.0 Å². The van der Waals surface area contributed by atoms with Crippen LogP contribution in [0.15, 0.2) is 10.7 Å². The van der Waals surface area contributed by atoms with E-state index in [9.17, 15) is 0 Å². The van der Waals surface area contributed by atoms with E-state index in [1.807, 2.05) is 0 Å². The number of nitrogens with one attached hydrogen (secondary N) is 1. The number of hydrogen-bond acceptors (Lipinski definition) is 3. The number of H-pyrrole nitrogens is 1. The second kappa shape index (κ2) is 3.16. The molecule has 6 heteroatoms. The largest absolute Gasteiger partial charge is 0.479 e. The molecule has 0 aliphatic carbocycles. The number of halogens is 2. The van der Waals surface area contributed by atoms with E-state index in [0.717, 1.165) is 15.5 Å². The number of ether oxygens (including phenoxy) is 1. The Morgan fingerprint density at radius 3 is 3.00 bits per heavy atom. The summed E-state index contributed by atoms with van der Waals surface area (Å²) in [6.07, 6.45) is 1.76. The number of rotatable bonds is 1. The zero-order chi connectivity index (χ0) is 9.42. The molecule has 0 aliphatic heterocycles. The molecule has 2 rings (SSSR count). The van der Waals surface area contributed by atoms with Crippen LogP contribution in [-0.4, -0.2) is 22.1 Å². The predicted molar refractivity (Wildman–Crippen MR) is 53.2 cm³/mol. The fraction of sp³-hybridized carbons (Fsp3) is 0.143. The molecule has 2 aromatic heterocycles. The van der Waals surface area contributed by atoms with Gasteiger partial charge in [0.15, 0.2) is 0 Å². The maximum atomic E-state index is 5.69. The first kappa shape index (κ1) is 8.77. The van der Waals surface area contributed by atoms with Crippen LogP contribution in [0.5, 0.6) is 5.88 Å². The minimum atomic E-state index is 0.171. The molecular weight excluding hydrogens is 257 g/mol. The summed E-state index contributed by atoms with van der Waals surface area (Å²) in [6, 6.07) is 0. The normalized spacial score (nSPS) is 10.7. The van der Waals surface area contributed by atoms with Crippen molar-refractivity contribution in [2.24, 2.45) is 0 Å². The van der Waals surface area contributed by atoms with E-state index in [4.69, 9.17) is 16.3 Å². The third-order valence-corrected chi connectivity index (χ3v) is 2.38. The first-order chi connectivity index (χ1) is 6.22. The summed E-state index contributed by atoms with van der Waals surface area (Å²) in [5, 5.41) is 0.171. The molecular formula is C7H5BrClN3O. The van der Waals surface area contributed by atoms with Crippen molar-refractivity contribution in [1.29, 1.82) is 0 Å². The van der Waals surface area contributed by atoms with Gasteiger partial charge in [-0.15, -0.1) is 0 Å². The van der Waals surface area contributed by atoms with Crippen LogP contribution in [-0.2, 0) is 0 Å². The molecule has 0 aromatic carbocycles. The van der Waals surface area contributed by atoms with Crippen LogP contribution in [0.2, 0.25) is 5.28 Å². The van der Waals surface area contributed by atoms with Crippen LogP contribution < -0.4 is 4.74 Å². The van der Waals surface area contributed by atoms with Gasteiger partial charge in [-0.3, -0.25) is 0 Å². The van der Waals surface area contributed by atoms with Crippen molar-refractivity contribution in [3.63, 3.8) is 0 Å². The number of hydrogen-bond donors (Lipinski definition) is 1. The molecule has 0 radical (unpaired) electrons. The van der Waals surface area contributed by atoms with Crippen molar-refractivity contribution >= 4 is 38.6 Å². The van der Waals surface area contributed by atoms with Crippen molar-refractivity contribution in [2.75, 3.05) is 7.11 Å². The van der Waals surface area contributed by atoms with Crippen LogP contribution >= 0.6 is 27.5 Å². The van der Waals surface area contributed by atoms with Crippen LogP contribution in [0.4, 0.5) is 0 Å². The topological polar surface area (TPSA) is 50.8 Å². The van der Waals surface area contributed by atoms with Gasteiger partial charge in [-0.05, 0) is 27.5 Å². The lowest BCUT2D eigenvalue weighted by atomic mass is 10.4. The number of nitrogens with zero attached hydrogens (tertiary/aromatic N) is 2. The molecule has 0 atom stereocenters. The molecule has 0 unspecified atom stereocenters. The lowest BCUT2D eigenvalue weighted by Crippen LogP contribution is -1.91. The zero-order valence-corrected chi connectivity index (χ0v) is 8.98. The van der Waals surface area contributed by atoms with E-state index in [1.54, 1.807) is 6.20 Å². The summed E-state index contributed by atoms with van der Waals surface area (Å²) in [4.78, 5) is 10.9. The summed E-state index contributed by atoms with van der Waals surface area (Å²) >= 11 is 9.02. The van der Waals surface area contributed by atoms with E-state index in [1.165, 1.54) is 7.11 Å². The zero-order valence-electron chi connectivity index (χ0n) is 6.64. The maximum Gasteiger partial charge on any atom is 0.242 e. The highest BCUT2D eigenvalue weighted by Gasteiger charge is 2.10. The second-order valence-electron chi connectivity index (χ2n) is 2.36. The van der Waals surface area contributed by atoms with Crippen molar-refractivity contribution in [1.82, 2.24) is 15.0 Å². The molecule has 13 heavy (non-hydrogen) atoms. The summed E-state index contributed by atoms with van der Waals surface area (Å²) in [5.74, 6) is 0.445. The smallest absolute Gasteiger partial charge is 0.242 e. The van der Waals surface area contributed by atoms with E-state index < -0.39 is 0 Å². The molecule has 4 nitrogen and oxygen atoms in total. The van der Waals surface area contributed by atoms with Crippen molar-refractivity contribution in [3.05, 3.63) is 16.0 Å². The quantitative estimate of drug-likeness (QED) is 0.803. The summed E-state index contributed by atoms with van der Waals surface area (Å²) in [5.41, 5.74) is 1.45. The van der Waals surface area contributed by atoms with Gasteiger partial charge in [0.1, 0.15) is 11.0 Å². The van der Waals surface area contributed by atoms with Gasteiger partial charge in [0.05, 0.1) is 11.6 Å². The van der Waals surface area contributed by atoms with Crippen molar-refractivity contribution in [3.8, 4) is 5.88 Å². The molecule has 1 N–H and O–H groups in total.